The average Bonchev–Trinajstić information content (AvgIpc) is 3.57. The molecule has 1 fully saturated rings. The van der Waals surface area contributed by atoms with Gasteiger partial charge in [-0.1, -0.05) is 19.9 Å². The lowest BCUT2D eigenvalue weighted by molar-refractivity contribution is 0.0584. The highest BCUT2D eigenvalue weighted by atomic mass is 32.1. The normalized spacial score (nSPS) is 23.3. The van der Waals surface area contributed by atoms with Crippen molar-refractivity contribution < 1.29 is 13.8 Å². The molecule has 5 rings (SSSR count). The monoisotopic (exact) mass is 420 g/mol. The Morgan fingerprint density at radius 1 is 1.28 bits per heavy atom. The van der Waals surface area contributed by atoms with Crippen molar-refractivity contribution in [1.82, 2.24) is 15.6 Å². The third kappa shape index (κ3) is 4.50. The molecular formula is C22H36N4O2S. The molecule has 2 atom stereocenters. The summed E-state index contributed by atoms with van der Waals surface area (Å²) >= 11 is 5.48. The molecule has 3 heterocycles. The number of anilines is 1. The largest absolute Gasteiger partial charge is 0.490 e. The van der Waals surface area contributed by atoms with Crippen molar-refractivity contribution in [2.75, 3.05) is 31.6 Å². The van der Waals surface area contributed by atoms with Crippen molar-refractivity contribution in [1.29, 1.82) is 0 Å². The minimum atomic E-state index is 0. The summed E-state index contributed by atoms with van der Waals surface area (Å²) in [6, 6.07) is 4.31. The topological polar surface area (TPSA) is 67.4 Å². The summed E-state index contributed by atoms with van der Waals surface area (Å²) in [4.78, 5) is 4.73. The molecule has 7 heteroatoms. The number of pyridine rings is 1. The highest BCUT2D eigenvalue weighted by molar-refractivity contribution is 7.80. The predicted molar refractivity (Wildman–Crippen MR) is 125 cm³/mol. The van der Waals surface area contributed by atoms with Crippen molar-refractivity contribution in [3.8, 4) is 0 Å². The maximum atomic E-state index is 5.76. The van der Waals surface area contributed by atoms with Crippen LogP contribution in [-0.4, -0.2) is 36.4 Å². The zero-order valence-corrected chi connectivity index (χ0v) is 18.0. The molecule has 3 N–H and O–H groups in total. The number of thiocarbonyl (C=S) groups is 1. The molecule has 1 aromatic rings. The Morgan fingerprint density at radius 2 is 2.14 bits per heavy atom. The van der Waals surface area contributed by atoms with E-state index in [-0.39, 0.29) is 4.28 Å². The van der Waals surface area contributed by atoms with Gasteiger partial charge in [-0.3, -0.25) is 0 Å². The summed E-state index contributed by atoms with van der Waals surface area (Å²) in [5.41, 5.74) is 3.54. The minimum absolute atomic E-state index is 0. The van der Waals surface area contributed by atoms with Crippen molar-refractivity contribution in [2.45, 2.75) is 39.5 Å². The van der Waals surface area contributed by atoms with Crippen molar-refractivity contribution >= 4 is 23.1 Å². The van der Waals surface area contributed by atoms with Gasteiger partial charge in [-0.25, -0.2) is 4.98 Å². The molecule has 4 aliphatic rings. The lowest BCUT2D eigenvalue weighted by Crippen LogP contribution is -2.37. The number of allylic oxidation sites excluding steroid dienone is 3. The molecule has 1 aromatic heterocycles. The highest BCUT2D eigenvalue weighted by Gasteiger charge is 2.49. The van der Waals surface area contributed by atoms with Gasteiger partial charge in [0.2, 0.25) is 0 Å². The molecule has 29 heavy (non-hydrogen) atoms. The number of hydrogen-bond acceptors (Lipinski definition) is 5. The summed E-state index contributed by atoms with van der Waals surface area (Å²) in [5.74, 6) is 3.89. The Bertz CT molecular complexity index is 850. The average molecular weight is 421 g/mol. The van der Waals surface area contributed by atoms with E-state index in [0.29, 0.717) is 30.2 Å². The van der Waals surface area contributed by atoms with Gasteiger partial charge in [-0.2, -0.15) is 0 Å². The van der Waals surface area contributed by atoms with Gasteiger partial charge < -0.3 is 25.4 Å². The molecule has 162 valence electrons. The Balaban J connectivity index is 0.000000997. The quantitative estimate of drug-likeness (QED) is 0.636. The van der Waals surface area contributed by atoms with Crippen LogP contribution in [0.4, 0.5) is 5.82 Å². The fourth-order valence-electron chi connectivity index (χ4n) is 4.04. The smallest absolute Gasteiger partial charge is 0.170 e. The van der Waals surface area contributed by atoms with Gasteiger partial charge in [0.15, 0.2) is 10.9 Å². The van der Waals surface area contributed by atoms with Gasteiger partial charge in [-0.15, -0.1) is 0 Å². The first-order valence-electron chi connectivity index (χ1n) is 10.8. The lowest BCUT2D eigenvalue weighted by atomic mass is 10.1. The minimum Gasteiger partial charge on any atom is -0.490 e. The standard InChI is InChI=1S/C20H24N4O2S.C2H6.3H2/c27-20(22-7-5-13-4-3-12-2-1-6-21-19(12)23-13)24-16-11-17-18(15-10-14(15)16)26-9-8-25-17;1-2;;;/h3-4,11,14-15H,1-2,5-10H2,(H,21,23)(H2,22,24,27);1-2H3;3*1H. The van der Waals surface area contributed by atoms with E-state index in [1.54, 1.807) is 0 Å². The van der Waals surface area contributed by atoms with Crippen LogP contribution in [0.25, 0.3) is 0 Å². The molecule has 2 aliphatic heterocycles. The van der Waals surface area contributed by atoms with Crippen LogP contribution in [0.2, 0.25) is 0 Å². The molecule has 0 amide bonds. The van der Waals surface area contributed by atoms with E-state index in [0.717, 1.165) is 61.1 Å². The lowest BCUT2D eigenvalue weighted by Gasteiger charge is -2.25. The van der Waals surface area contributed by atoms with Crippen LogP contribution in [0.3, 0.4) is 0 Å². The Kier molecular flexibility index (Phi) is 6.23. The number of aryl methyl sites for hydroxylation is 1. The fourth-order valence-corrected chi connectivity index (χ4v) is 4.26. The summed E-state index contributed by atoms with van der Waals surface area (Å²) in [6.45, 7) is 7.04. The molecule has 0 spiro atoms. The van der Waals surface area contributed by atoms with Gasteiger partial charge in [0.25, 0.3) is 0 Å². The summed E-state index contributed by atoms with van der Waals surface area (Å²) in [5, 5.41) is 10.7. The second kappa shape index (κ2) is 9.03. The zero-order valence-electron chi connectivity index (χ0n) is 17.2. The van der Waals surface area contributed by atoms with Gasteiger partial charge >= 0.3 is 0 Å². The number of hydrogen-bond donors (Lipinski definition) is 3. The van der Waals surface area contributed by atoms with E-state index >= 15 is 0 Å². The third-order valence-corrected chi connectivity index (χ3v) is 5.78. The van der Waals surface area contributed by atoms with Crippen LogP contribution >= 0.6 is 12.2 Å². The van der Waals surface area contributed by atoms with E-state index < -0.39 is 0 Å². The Hall–Kier alpha value is -2.28. The highest BCUT2D eigenvalue weighted by Crippen LogP contribution is 2.53. The second-order valence-electron chi connectivity index (χ2n) is 7.45. The summed E-state index contributed by atoms with van der Waals surface area (Å²) < 4.78 is 11.5. The number of nitrogens with one attached hydrogen (secondary N) is 3. The number of nitrogens with zero attached hydrogens (tertiary/aromatic N) is 1. The molecular weight excluding hydrogens is 384 g/mol. The van der Waals surface area contributed by atoms with Crippen LogP contribution in [0, 0.1) is 11.8 Å². The summed E-state index contributed by atoms with van der Waals surface area (Å²) in [6.07, 6.45) is 6.30. The Labute approximate surface area is 182 Å². The number of ether oxygens (including phenoxy) is 2. The SMILES string of the molecule is CC.S=C(NCCc1ccc2c(n1)NCCC2)NC1=CC2=C(OCCO2)C2CC12.[HH].[HH].[HH]. The molecule has 1 saturated carbocycles. The van der Waals surface area contributed by atoms with Crippen LogP contribution in [0.5, 0.6) is 0 Å². The molecule has 0 bridgehead atoms. The molecule has 2 aliphatic carbocycles. The Morgan fingerprint density at radius 3 is 3.03 bits per heavy atom. The van der Waals surface area contributed by atoms with Crippen LogP contribution in [-0.2, 0) is 22.3 Å². The van der Waals surface area contributed by atoms with E-state index in [4.69, 9.17) is 26.7 Å². The van der Waals surface area contributed by atoms with E-state index in [2.05, 4.69) is 28.1 Å². The zero-order chi connectivity index (χ0) is 20.2. The third-order valence-electron chi connectivity index (χ3n) is 5.53. The van der Waals surface area contributed by atoms with Crippen molar-refractivity contribution in [2.24, 2.45) is 11.8 Å². The van der Waals surface area contributed by atoms with E-state index in [9.17, 15) is 0 Å². The molecule has 6 nitrogen and oxygen atoms in total. The van der Waals surface area contributed by atoms with Crippen molar-refractivity contribution in [3.05, 3.63) is 46.7 Å². The van der Waals surface area contributed by atoms with Crippen LogP contribution in [0.15, 0.2) is 35.4 Å². The number of aromatic nitrogens is 1. The number of fused-ring (bicyclic) bond motifs is 3. The molecule has 2 unspecified atom stereocenters. The van der Waals surface area contributed by atoms with Gasteiger partial charge in [0.1, 0.15) is 24.8 Å². The first-order valence-corrected chi connectivity index (χ1v) is 11.2. The van der Waals surface area contributed by atoms with Crippen LogP contribution < -0.4 is 16.0 Å². The molecule has 0 aromatic carbocycles. The molecule has 0 radical (unpaired) electrons. The number of rotatable bonds is 4. The second-order valence-corrected chi connectivity index (χ2v) is 7.85. The maximum absolute atomic E-state index is 5.76. The predicted octanol–water partition coefficient (Wildman–Crippen LogP) is 4.00. The van der Waals surface area contributed by atoms with Crippen LogP contribution in [0.1, 0.15) is 42.2 Å². The molecule has 0 saturated heterocycles. The van der Waals surface area contributed by atoms with E-state index in [1.165, 1.54) is 12.0 Å². The van der Waals surface area contributed by atoms with E-state index in [1.807, 2.05) is 19.9 Å². The fraction of sp³-hybridized carbons (Fsp3) is 0.545. The van der Waals surface area contributed by atoms with Crippen molar-refractivity contribution in [3.63, 3.8) is 0 Å². The van der Waals surface area contributed by atoms with Gasteiger partial charge in [0, 0.05) is 53.1 Å². The first-order chi connectivity index (χ1) is 14.3. The maximum Gasteiger partial charge on any atom is 0.170 e. The summed E-state index contributed by atoms with van der Waals surface area (Å²) in [7, 11) is 0. The van der Waals surface area contributed by atoms with Gasteiger partial charge in [0.05, 0.1) is 0 Å². The van der Waals surface area contributed by atoms with Gasteiger partial charge in [-0.05, 0) is 43.1 Å². The first kappa shape index (κ1) is 20.0.